The van der Waals surface area contributed by atoms with Crippen molar-refractivity contribution in [2.24, 2.45) is 5.92 Å². The van der Waals surface area contributed by atoms with Gasteiger partial charge in [-0.2, -0.15) is 0 Å². The first-order chi connectivity index (χ1) is 10.5. The van der Waals surface area contributed by atoms with Gasteiger partial charge in [-0.25, -0.2) is 13.1 Å². The lowest BCUT2D eigenvalue weighted by atomic mass is 10.1. The predicted octanol–water partition coefficient (Wildman–Crippen LogP) is 1.08. The van der Waals surface area contributed by atoms with Gasteiger partial charge in [0.25, 0.3) is 0 Å². The fraction of sp³-hybridized carbons (Fsp3) is 0.600. The van der Waals surface area contributed by atoms with Crippen molar-refractivity contribution in [1.82, 2.24) is 9.62 Å². The van der Waals surface area contributed by atoms with E-state index in [-0.39, 0.29) is 10.9 Å². The maximum atomic E-state index is 12.6. The lowest BCUT2D eigenvalue weighted by molar-refractivity contribution is 0.171. The van der Waals surface area contributed by atoms with Gasteiger partial charge in [0, 0.05) is 25.2 Å². The molecule has 1 N–H and O–H groups in total. The van der Waals surface area contributed by atoms with Crippen LogP contribution in [-0.4, -0.2) is 52.2 Å². The molecule has 1 saturated heterocycles. The van der Waals surface area contributed by atoms with Gasteiger partial charge < -0.3 is 14.4 Å². The Bertz CT molecular complexity index is 647. The van der Waals surface area contributed by atoms with Crippen LogP contribution in [-0.2, 0) is 10.0 Å². The van der Waals surface area contributed by atoms with E-state index in [0.29, 0.717) is 30.6 Å². The van der Waals surface area contributed by atoms with Gasteiger partial charge >= 0.3 is 0 Å². The second-order valence-corrected chi connectivity index (χ2v) is 7.58. The molecule has 0 saturated carbocycles. The molecule has 2 heterocycles. The van der Waals surface area contributed by atoms with Crippen LogP contribution >= 0.6 is 0 Å². The summed E-state index contributed by atoms with van der Waals surface area (Å²) in [6.07, 6.45) is 0. The Labute approximate surface area is 131 Å². The fourth-order valence-electron chi connectivity index (χ4n) is 2.94. The third-order valence-electron chi connectivity index (χ3n) is 4.27. The summed E-state index contributed by atoms with van der Waals surface area (Å²) in [4.78, 5) is 2.47. The second kappa shape index (κ2) is 6.06. The lowest BCUT2D eigenvalue weighted by Gasteiger charge is -2.20. The zero-order valence-electron chi connectivity index (χ0n) is 12.9. The smallest absolute Gasteiger partial charge is 0.241 e. The molecule has 1 aromatic rings. The van der Waals surface area contributed by atoms with E-state index in [1.807, 2.05) is 0 Å². The van der Waals surface area contributed by atoms with Crippen molar-refractivity contribution in [3.63, 3.8) is 0 Å². The lowest BCUT2D eigenvalue weighted by Crippen LogP contribution is -2.39. The first-order valence-electron chi connectivity index (χ1n) is 7.64. The number of hydrogen-bond donors (Lipinski definition) is 1. The molecule has 0 bridgehead atoms. The number of likely N-dealkylation sites (tertiary alicyclic amines) is 1. The summed E-state index contributed by atoms with van der Waals surface area (Å²) in [6.45, 7) is 7.70. The van der Waals surface area contributed by atoms with Crippen LogP contribution in [0.4, 0.5) is 0 Å². The molecular weight excluding hydrogens is 304 g/mol. The van der Waals surface area contributed by atoms with Gasteiger partial charge in [0.05, 0.1) is 4.90 Å². The highest BCUT2D eigenvalue weighted by molar-refractivity contribution is 7.89. The van der Waals surface area contributed by atoms with Crippen LogP contribution in [0.15, 0.2) is 23.1 Å². The highest BCUT2D eigenvalue weighted by atomic mass is 32.2. The van der Waals surface area contributed by atoms with Crippen LogP contribution in [0.1, 0.15) is 13.8 Å². The highest BCUT2D eigenvalue weighted by Gasteiger charge is 2.32. The second-order valence-electron chi connectivity index (χ2n) is 5.86. The third-order valence-corrected chi connectivity index (χ3v) is 5.75. The SMILES string of the molecule is CCN1C[C@H](NS(=O)(=O)c2ccc3c(c2)OCCO3)[C@@H](C)C1. The molecule has 1 fully saturated rings. The Kier molecular flexibility index (Phi) is 4.29. The van der Waals surface area contributed by atoms with Gasteiger partial charge in [-0.1, -0.05) is 13.8 Å². The number of likely N-dealkylation sites (N-methyl/N-ethyl adjacent to an activating group) is 1. The minimum atomic E-state index is -3.55. The molecule has 122 valence electrons. The van der Waals surface area contributed by atoms with E-state index >= 15 is 0 Å². The summed E-state index contributed by atoms with van der Waals surface area (Å²) in [5.41, 5.74) is 0. The number of benzene rings is 1. The zero-order chi connectivity index (χ0) is 15.7. The average Bonchev–Trinajstić information content (AvgIpc) is 2.86. The minimum Gasteiger partial charge on any atom is -0.486 e. The highest BCUT2D eigenvalue weighted by Crippen LogP contribution is 2.32. The Morgan fingerprint density at radius 2 is 1.95 bits per heavy atom. The van der Waals surface area contributed by atoms with Crippen LogP contribution < -0.4 is 14.2 Å². The Morgan fingerprint density at radius 3 is 2.64 bits per heavy atom. The molecular formula is C15H22N2O4S. The quantitative estimate of drug-likeness (QED) is 0.897. The Hall–Kier alpha value is -1.31. The molecule has 22 heavy (non-hydrogen) atoms. The molecule has 0 radical (unpaired) electrons. The molecule has 3 rings (SSSR count). The summed E-state index contributed by atoms with van der Waals surface area (Å²) in [7, 11) is -3.55. The molecule has 2 aliphatic heterocycles. The van der Waals surface area contributed by atoms with Crippen LogP contribution in [0.25, 0.3) is 0 Å². The van der Waals surface area contributed by atoms with Gasteiger partial charge in [0.2, 0.25) is 10.0 Å². The van der Waals surface area contributed by atoms with Crippen molar-refractivity contribution in [2.45, 2.75) is 24.8 Å². The molecule has 6 nitrogen and oxygen atoms in total. The molecule has 0 spiro atoms. The van der Waals surface area contributed by atoms with Crippen molar-refractivity contribution in [1.29, 1.82) is 0 Å². The summed E-state index contributed by atoms with van der Waals surface area (Å²) in [6, 6.07) is 4.69. The van der Waals surface area contributed by atoms with Gasteiger partial charge in [0.15, 0.2) is 11.5 Å². The molecule has 0 aromatic heterocycles. The number of ether oxygens (including phenoxy) is 2. The van der Waals surface area contributed by atoms with E-state index < -0.39 is 10.0 Å². The van der Waals surface area contributed by atoms with Crippen LogP contribution in [0.5, 0.6) is 11.5 Å². The van der Waals surface area contributed by atoms with E-state index in [0.717, 1.165) is 19.6 Å². The van der Waals surface area contributed by atoms with Crippen molar-refractivity contribution in [2.75, 3.05) is 32.8 Å². The number of hydrogen-bond acceptors (Lipinski definition) is 5. The minimum absolute atomic E-state index is 0.0573. The normalized spacial score (nSPS) is 25.4. The topological polar surface area (TPSA) is 67.9 Å². The zero-order valence-corrected chi connectivity index (χ0v) is 13.7. The molecule has 1 aromatic carbocycles. The molecule has 2 aliphatic rings. The van der Waals surface area contributed by atoms with E-state index in [2.05, 4.69) is 23.5 Å². The Balaban J connectivity index is 1.78. The summed E-state index contributed by atoms with van der Waals surface area (Å²) in [5.74, 6) is 1.38. The van der Waals surface area contributed by atoms with E-state index in [4.69, 9.17) is 9.47 Å². The molecule has 0 aliphatic carbocycles. The molecule has 0 amide bonds. The maximum absolute atomic E-state index is 12.6. The number of nitrogens with zero attached hydrogens (tertiary/aromatic N) is 1. The fourth-order valence-corrected chi connectivity index (χ4v) is 4.29. The van der Waals surface area contributed by atoms with E-state index in [1.54, 1.807) is 12.1 Å². The third kappa shape index (κ3) is 3.06. The largest absolute Gasteiger partial charge is 0.486 e. The first-order valence-corrected chi connectivity index (χ1v) is 9.12. The maximum Gasteiger partial charge on any atom is 0.241 e. The number of nitrogens with one attached hydrogen (secondary N) is 1. The van der Waals surface area contributed by atoms with Gasteiger partial charge in [-0.3, -0.25) is 0 Å². The predicted molar refractivity (Wildman–Crippen MR) is 82.8 cm³/mol. The van der Waals surface area contributed by atoms with Crippen LogP contribution in [0, 0.1) is 5.92 Å². The molecule has 0 unspecified atom stereocenters. The van der Waals surface area contributed by atoms with Crippen molar-refractivity contribution >= 4 is 10.0 Å². The van der Waals surface area contributed by atoms with Crippen LogP contribution in [0.3, 0.4) is 0 Å². The van der Waals surface area contributed by atoms with Crippen LogP contribution in [0.2, 0.25) is 0 Å². The van der Waals surface area contributed by atoms with Crippen molar-refractivity contribution in [3.05, 3.63) is 18.2 Å². The Morgan fingerprint density at radius 1 is 1.23 bits per heavy atom. The molecule has 2 atom stereocenters. The average molecular weight is 326 g/mol. The number of rotatable bonds is 4. The van der Waals surface area contributed by atoms with Gasteiger partial charge in [0.1, 0.15) is 13.2 Å². The summed E-state index contributed by atoms with van der Waals surface area (Å²) < 4.78 is 38.9. The van der Waals surface area contributed by atoms with Crippen molar-refractivity contribution in [3.8, 4) is 11.5 Å². The van der Waals surface area contributed by atoms with E-state index in [1.165, 1.54) is 6.07 Å². The molecule has 7 heteroatoms. The summed E-state index contributed by atoms with van der Waals surface area (Å²) >= 11 is 0. The standard InChI is InChI=1S/C15H22N2O4S/c1-3-17-9-11(2)13(10-17)16-22(18,19)12-4-5-14-15(8-12)21-7-6-20-14/h4-5,8,11,13,16H,3,6-7,9-10H2,1-2H3/t11-,13-/m0/s1. The number of sulfonamides is 1. The van der Waals surface area contributed by atoms with Gasteiger partial charge in [-0.15, -0.1) is 0 Å². The summed E-state index contributed by atoms with van der Waals surface area (Å²) in [5, 5.41) is 0. The van der Waals surface area contributed by atoms with Gasteiger partial charge in [-0.05, 0) is 24.6 Å². The number of fused-ring (bicyclic) bond motifs is 1. The van der Waals surface area contributed by atoms with E-state index in [9.17, 15) is 8.42 Å². The first kappa shape index (κ1) is 15.6. The van der Waals surface area contributed by atoms with Crippen molar-refractivity contribution < 1.29 is 17.9 Å². The monoisotopic (exact) mass is 326 g/mol.